The van der Waals surface area contributed by atoms with Gasteiger partial charge in [-0.1, -0.05) is 25.1 Å². The number of carbonyl (C=O) groups is 2. The first-order valence-electron chi connectivity index (χ1n) is 9.62. The van der Waals surface area contributed by atoms with Gasteiger partial charge >= 0.3 is 0 Å². The summed E-state index contributed by atoms with van der Waals surface area (Å²) in [4.78, 5) is 31.2. The first-order chi connectivity index (χ1) is 12.5. The number of piperazine rings is 1. The first-order valence-corrected chi connectivity index (χ1v) is 9.62. The molecule has 6 nitrogen and oxygen atoms in total. The minimum atomic E-state index is -0.159. The molecule has 142 valence electrons. The van der Waals surface area contributed by atoms with E-state index in [2.05, 4.69) is 11.0 Å². The van der Waals surface area contributed by atoms with E-state index in [4.69, 9.17) is 5.73 Å². The summed E-state index contributed by atoms with van der Waals surface area (Å²) in [5.74, 6) is 0.116. The van der Waals surface area contributed by atoms with Gasteiger partial charge in [-0.2, -0.15) is 0 Å². The highest BCUT2D eigenvalue weighted by molar-refractivity contribution is 5.96. The summed E-state index contributed by atoms with van der Waals surface area (Å²) in [7, 11) is 0. The molecular weight excluding hydrogens is 328 g/mol. The van der Waals surface area contributed by atoms with Crippen LogP contribution in [0, 0.1) is 5.92 Å². The summed E-state index contributed by atoms with van der Waals surface area (Å²) < 4.78 is 0. The maximum absolute atomic E-state index is 12.8. The van der Waals surface area contributed by atoms with E-state index in [-0.39, 0.29) is 23.8 Å². The smallest absolute Gasteiger partial charge is 0.241 e. The van der Waals surface area contributed by atoms with Crippen molar-refractivity contribution in [2.75, 3.05) is 44.2 Å². The molecule has 2 N–H and O–H groups in total. The summed E-state index contributed by atoms with van der Waals surface area (Å²) in [5.41, 5.74) is 8.17. The van der Waals surface area contributed by atoms with E-state index >= 15 is 0 Å². The third-order valence-corrected chi connectivity index (χ3v) is 5.63. The van der Waals surface area contributed by atoms with Gasteiger partial charge in [0.15, 0.2) is 0 Å². The lowest BCUT2D eigenvalue weighted by Crippen LogP contribution is -2.54. The molecule has 2 amide bonds. The Balaban J connectivity index is 1.54. The number of carbonyl (C=O) groups excluding carboxylic acids is 2. The SMILES string of the molecule is CC(N)C(C)C(=O)N1CCN(CC(=O)N2CCCc3ccccc32)CC1. The standard InChI is InChI=1S/C20H30N4O2/c1-15(16(2)21)20(26)23-12-10-22(11-13-23)14-19(25)24-9-5-7-17-6-3-4-8-18(17)24/h3-4,6,8,15-16H,5,7,9-14,21H2,1-2H3. The zero-order valence-electron chi connectivity index (χ0n) is 15.9. The van der Waals surface area contributed by atoms with Crippen molar-refractivity contribution in [2.45, 2.75) is 32.7 Å². The molecule has 0 bridgehead atoms. The van der Waals surface area contributed by atoms with Crippen molar-refractivity contribution >= 4 is 17.5 Å². The van der Waals surface area contributed by atoms with Gasteiger partial charge in [-0.25, -0.2) is 0 Å². The number of amides is 2. The predicted molar refractivity (Wildman–Crippen MR) is 103 cm³/mol. The van der Waals surface area contributed by atoms with Crippen molar-refractivity contribution in [3.8, 4) is 0 Å². The van der Waals surface area contributed by atoms with Gasteiger partial charge in [-0.3, -0.25) is 14.5 Å². The van der Waals surface area contributed by atoms with Gasteiger partial charge in [0.05, 0.1) is 12.5 Å². The molecule has 1 saturated heterocycles. The van der Waals surface area contributed by atoms with Crippen LogP contribution in [-0.4, -0.2) is 66.9 Å². The third kappa shape index (κ3) is 4.07. The number of hydrogen-bond acceptors (Lipinski definition) is 4. The van der Waals surface area contributed by atoms with E-state index in [1.165, 1.54) is 5.56 Å². The average molecular weight is 358 g/mol. The quantitative estimate of drug-likeness (QED) is 0.875. The Morgan fingerprint density at radius 1 is 1.08 bits per heavy atom. The Morgan fingerprint density at radius 2 is 1.77 bits per heavy atom. The molecule has 3 rings (SSSR count). The largest absolute Gasteiger partial charge is 0.340 e. The van der Waals surface area contributed by atoms with E-state index in [0.717, 1.165) is 38.2 Å². The molecule has 1 aromatic rings. The van der Waals surface area contributed by atoms with Crippen LogP contribution in [0.25, 0.3) is 0 Å². The van der Waals surface area contributed by atoms with Crippen LogP contribution in [0.15, 0.2) is 24.3 Å². The Hall–Kier alpha value is -1.92. The lowest BCUT2D eigenvalue weighted by molar-refractivity contribution is -0.137. The second-order valence-corrected chi connectivity index (χ2v) is 7.53. The summed E-state index contributed by atoms with van der Waals surface area (Å²) in [5, 5.41) is 0. The maximum Gasteiger partial charge on any atom is 0.241 e. The molecule has 0 aliphatic carbocycles. The molecule has 2 aliphatic heterocycles. The van der Waals surface area contributed by atoms with Crippen LogP contribution >= 0.6 is 0 Å². The monoisotopic (exact) mass is 358 g/mol. The highest BCUT2D eigenvalue weighted by Crippen LogP contribution is 2.26. The summed E-state index contributed by atoms with van der Waals surface area (Å²) in [6.07, 6.45) is 2.05. The highest BCUT2D eigenvalue weighted by Gasteiger charge is 2.29. The number of fused-ring (bicyclic) bond motifs is 1. The van der Waals surface area contributed by atoms with Crippen molar-refractivity contribution in [1.29, 1.82) is 0 Å². The van der Waals surface area contributed by atoms with Crippen LogP contribution in [0.1, 0.15) is 25.8 Å². The second-order valence-electron chi connectivity index (χ2n) is 7.53. The number of aryl methyl sites for hydroxylation is 1. The lowest BCUT2D eigenvalue weighted by atomic mass is 10.0. The van der Waals surface area contributed by atoms with Gasteiger partial charge in [0.2, 0.25) is 11.8 Å². The fourth-order valence-corrected chi connectivity index (χ4v) is 3.71. The lowest BCUT2D eigenvalue weighted by Gasteiger charge is -2.37. The maximum atomic E-state index is 12.8. The molecular formula is C20H30N4O2. The van der Waals surface area contributed by atoms with E-state index in [1.807, 2.05) is 41.8 Å². The number of nitrogens with two attached hydrogens (primary N) is 1. The van der Waals surface area contributed by atoms with E-state index in [0.29, 0.717) is 19.6 Å². The molecule has 2 atom stereocenters. The molecule has 0 saturated carbocycles. The van der Waals surface area contributed by atoms with Gasteiger partial charge < -0.3 is 15.5 Å². The fourth-order valence-electron chi connectivity index (χ4n) is 3.71. The summed E-state index contributed by atoms with van der Waals surface area (Å²) >= 11 is 0. The zero-order chi connectivity index (χ0) is 18.7. The molecule has 2 aliphatic rings. The van der Waals surface area contributed by atoms with Crippen LogP contribution in [-0.2, 0) is 16.0 Å². The number of para-hydroxylation sites is 1. The third-order valence-electron chi connectivity index (χ3n) is 5.63. The minimum absolute atomic E-state index is 0.121. The summed E-state index contributed by atoms with van der Waals surface area (Å²) in [6, 6.07) is 8.04. The van der Waals surface area contributed by atoms with Crippen molar-refractivity contribution in [2.24, 2.45) is 11.7 Å². The van der Waals surface area contributed by atoms with E-state index in [9.17, 15) is 9.59 Å². The zero-order valence-corrected chi connectivity index (χ0v) is 15.9. The average Bonchev–Trinajstić information content (AvgIpc) is 2.66. The van der Waals surface area contributed by atoms with Crippen LogP contribution in [0.4, 0.5) is 5.69 Å². The molecule has 26 heavy (non-hydrogen) atoms. The predicted octanol–water partition coefficient (Wildman–Crippen LogP) is 1.09. The van der Waals surface area contributed by atoms with Gasteiger partial charge in [0, 0.05) is 44.5 Å². The number of hydrogen-bond donors (Lipinski definition) is 1. The second kappa shape index (κ2) is 8.18. The molecule has 0 spiro atoms. The van der Waals surface area contributed by atoms with Crippen LogP contribution in [0.2, 0.25) is 0 Å². The Kier molecular flexibility index (Phi) is 5.94. The first kappa shape index (κ1) is 18.9. The van der Waals surface area contributed by atoms with Crippen molar-refractivity contribution in [3.63, 3.8) is 0 Å². The highest BCUT2D eigenvalue weighted by atomic mass is 16.2. The van der Waals surface area contributed by atoms with Crippen LogP contribution in [0.3, 0.4) is 0 Å². The fraction of sp³-hybridized carbons (Fsp3) is 0.600. The molecule has 0 radical (unpaired) electrons. The van der Waals surface area contributed by atoms with Crippen LogP contribution in [0.5, 0.6) is 0 Å². The molecule has 2 unspecified atom stereocenters. The van der Waals surface area contributed by atoms with Gasteiger partial charge in [0.1, 0.15) is 0 Å². The molecule has 0 aromatic heterocycles. The van der Waals surface area contributed by atoms with E-state index in [1.54, 1.807) is 0 Å². The van der Waals surface area contributed by atoms with Gasteiger partial charge in [-0.05, 0) is 31.4 Å². The van der Waals surface area contributed by atoms with Crippen molar-refractivity contribution in [3.05, 3.63) is 29.8 Å². The number of benzene rings is 1. The Bertz CT molecular complexity index is 653. The van der Waals surface area contributed by atoms with Gasteiger partial charge in [-0.15, -0.1) is 0 Å². The van der Waals surface area contributed by atoms with E-state index < -0.39 is 0 Å². The van der Waals surface area contributed by atoms with Crippen LogP contribution < -0.4 is 10.6 Å². The summed E-state index contributed by atoms with van der Waals surface area (Å²) in [6.45, 7) is 7.76. The van der Waals surface area contributed by atoms with Crippen molar-refractivity contribution in [1.82, 2.24) is 9.80 Å². The Labute approximate surface area is 155 Å². The normalized spacial score (nSPS) is 20.4. The number of nitrogens with zero attached hydrogens (tertiary/aromatic N) is 3. The van der Waals surface area contributed by atoms with Crippen molar-refractivity contribution < 1.29 is 9.59 Å². The minimum Gasteiger partial charge on any atom is -0.340 e. The molecule has 1 aromatic carbocycles. The molecule has 6 heteroatoms. The Morgan fingerprint density at radius 3 is 2.46 bits per heavy atom. The number of anilines is 1. The molecule has 2 heterocycles. The number of rotatable bonds is 4. The molecule has 1 fully saturated rings. The van der Waals surface area contributed by atoms with Gasteiger partial charge in [0.25, 0.3) is 0 Å². The topological polar surface area (TPSA) is 69.9 Å².